The van der Waals surface area contributed by atoms with E-state index in [-0.39, 0.29) is 47.0 Å². The zero-order valence-corrected chi connectivity index (χ0v) is 67.3. The summed E-state index contributed by atoms with van der Waals surface area (Å²) >= 11 is 0. The van der Waals surface area contributed by atoms with Crippen molar-refractivity contribution in [2.45, 2.75) is 323 Å². The number of methoxy groups -OCH3 is 1. The number of hydrogen-bond acceptors (Lipinski definition) is 10. The van der Waals surface area contributed by atoms with Gasteiger partial charge in [-0.25, -0.2) is 5.43 Å². The van der Waals surface area contributed by atoms with Gasteiger partial charge in [-0.15, -0.1) is 0 Å². The zero-order chi connectivity index (χ0) is 74.5. The highest BCUT2D eigenvalue weighted by Crippen LogP contribution is 2.43. The second kappa shape index (κ2) is 52.8. The number of benzene rings is 2. The Morgan fingerprint density at radius 3 is 1.86 bits per heavy atom. The number of ether oxygens (including phenoxy) is 1. The predicted octanol–water partition coefficient (Wildman–Crippen LogP) is 20.7. The number of nitrogens with one attached hydrogen (secondary N) is 2. The molecule has 0 bridgehead atoms. The minimum atomic E-state index is -0.676. The molecule has 13 heteroatoms. The third kappa shape index (κ3) is 35.1. The van der Waals surface area contributed by atoms with Gasteiger partial charge in [0.15, 0.2) is 0 Å². The average Bonchev–Trinajstić information content (AvgIpc) is 1.60. The second-order valence-electron chi connectivity index (χ2n) is 30.1. The lowest BCUT2D eigenvalue weighted by atomic mass is 9.81. The first kappa shape index (κ1) is 91.9. The minimum Gasteiger partial charge on any atom is -0.375 e. The Bertz CT molecular complexity index is 2800. The summed E-state index contributed by atoms with van der Waals surface area (Å²) in [6, 6.07) is 16.9. The molecule has 1 aliphatic heterocycles. The lowest BCUT2D eigenvalue weighted by Gasteiger charge is -2.34. The van der Waals surface area contributed by atoms with E-state index in [0.717, 1.165) is 149 Å². The largest absolute Gasteiger partial charge is 0.375 e. The van der Waals surface area contributed by atoms with Crippen LogP contribution in [0.4, 0.5) is 0 Å². The van der Waals surface area contributed by atoms with Crippen LogP contribution in [-0.2, 0) is 54.5 Å². The first-order valence-corrected chi connectivity index (χ1v) is 39.7. The van der Waals surface area contributed by atoms with Crippen LogP contribution in [0.1, 0.15) is 307 Å². The average molecular weight is 1380 g/mol. The second-order valence-corrected chi connectivity index (χ2v) is 30.1. The molecule has 13 nitrogen and oxygen atoms in total. The summed E-state index contributed by atoms with van der Waals surface area (Å²) in [5, 5.41) is 6.26. The van der Waals surface area contributed by atoms with Gasteiger partial charge in [0, 0.05) is 80.5 Å². The van der Waals surface area contributed by atoms with E-state index in [1.54, 1.807) is 12.1 Å². The van der Waals surface area contributed by atoms with Gasteiger partial charge in [0.25, 0.3) is 5.91 Å². The maximum absolute atomic E-state index is 14.2. The lowest BCUT2D eigenvalue weighted by Crippen LogP contribution is -2.58. The zero-order valence-electron chi connectivity index (χ0n) is 67.3. The van der Waals surface area contributed by atoms with Crippen molar-refractivity contribution in [1.29, 1.82) is 0 Å². The third-order valence-corrected chi connectivity index (χ3v) is 20.0. The summed E-state index contributed by atoms with van der Waals surface area (Å²) in [6.07, 6.45) is 34.6. The van der Waals surface area contributed by atoms with E-state index in [9.17, 15) is 24.0 Å². The van der Waals surface area contributed by atoms with Crippen LogP contribution in [0, 0.1) is 40.9 Å². The van der Waals surface area contributed by atoms with Crippen molar-refractivity contribution >= 4 is 41.1 Å². The monoisotopic (exact) mass is 1380 g/mol. The molecule has 2 saturated carbocycles. The summed E-state index contributed by atoms with van der Waals surface area (Å²) in [5.74, 6) is 3.43. The molecule has 564 valence electrons. The lowest BCUT2D eigenvalue weighted by molar-refractivity contribution is -0.141. The molecule has 3 fully saturated rings. The van der Waals surface area contributed by atoms with Gasteiger partial charge < -0.3 is 29.9 Å². The molecule has 1 saturated heterocycles. The molecule has 0 spiro atoms. The quantitative estimate of drug-likeness (QED) is 0.0302. The van der Waals surface area contributed by atoms with E-state index in [0.29, 0.717) is 44.2 Å². The van der Waals surface area contributed by atoms with E-state index in [2.05, 4.69) is 168 Å². The van der Waals surface area contributed by atoms with E-state index in [1.165, 1.54) is 98.4 Å². The Balaban J connectivity index is 0.000000956. The maximum Gasteiger partial charge on any atom is 0.259 e. The Kier molecular flexibility index (Phi) is 49.0. The highest BCUT2D eigenvalue weighted by atomic mass is 16.5. The van der Waals surface area contributed by atoms with Crippen LogP contribution in [0.5, 0.6) is 0 Å². The summed E-state index contributed by atoms with van der Waals surface area (Å²) in [7, 11) is 5.73. The molecule has 4 aromatic rings. The van der Waals surface area contributed by atoms with E-state index < -0.39 is 6.04 Å². The van der Waals surface area contributed by atoms with Crippen molar-refractivity contribution < 1.29 is 28.7 Å². The van der Waals surface area contributed by atoms with E-state index >= 15 is 0 Å². The maximum atomic E-state index is 14.2. The number of hydrazine groups is 1. The van der Waals surface area contributed by atoms with Crippen molar-refractivity contribution in [3.05, 3.63) is 77.1 Å². The number of fused-ring (bicyclic) bond motifs is 1. The van der Waals surface area contributed by atoms with Gasteiger partial charge in [0.1, 0.15) is 24.4 Å². The summed E-state index contributed by atoms with van der Waals surface area (Å²) in [5.41, 5.74) is 19.0. The number of Topliss-reactive ketones (excluding diaryl/α,β-unsaturated/α-hetero) is 1. The molecular formula is C86H149N7O6. The molecule has 3 aliphatic rings. The smallest absolute Gasteiger partial charge is 0.259 e. The van der Waals surface area contributed by atoms with Crippen molar-refractivity contribution in [1.82, 2.24) is 30.2 Å². The molecule has 7 atom stereocenters. The SMILES string of the molecule is C1CC1.CC(C)C=O.CCC(C)C(C=O)CC.CCCC(=O)CCN.CCCC(C)CC.CCCCCC(C)CC.CCCc1cnc(C(C)OC)c(-c2c(CC(C)(C)CC)c3cc(-c4cccc(CC(NC(=O)C(C5CCCC5)N(C)C)C(=O)N5CCCCN5)c4)ccc3n2CC)c1. The predicted molar refractivity (Wildman–Crippen MR) is 423 cm³/mol. The fourth-order valence-corrected chi connectivity index (χ4v) is 12.5. The number of carbonyl (C=O) groups is 5. The van der Waals surface area contributed by atoms with Crippen molar-refractivity contribution in [2.24, 2.45) is 46.7 Å². The number of pyridine rings is 1. The Morgan fingerprint density at radius 2 is 1.38 bits per heavy atom. The van der Waals surface area contributed by atoms with Gasteiger partial charge in [0.2, 0.25) is 5.91 Å². The molecular weight excluding hydrogens is 1230 g/mol. The first-order valence-electron chi connectivity index (χ1n) is 39.7. The molecule has 4 N–H and O–H groups in total. The van der Waals surface area contributed by atoms with Crippen LogP contribution in [0.3, 0.4) is 0 Å². The van der Waals surface area contributed by atoms with Crippen LogP contribution >= 0.6 is 0 Å². The summed E-state index contributed by atoms with van der Waals surface area (Å²) in [6.45, 7) is 42.0. The molecule has 2 aliphatic carbocycles. The highest BCUT2D eigenvalue weighted by Gasteiger charge is 2.36. The van der Waals surface area contributed by atoms with Crippen LogP contribution in [-0.4, -0.2) is 103 Å². The van der Waals surface area contributed by atoms with Gasteiger partial charge in [-0.3, -0.25) is 29.3 Å². The summed E-state index contributed by atoms with van der Waals surface area (Å²) in [4.78, 5) is 65.7. The number of aromatic nitrogens is 2. The number of ketones is 1. The standard InChI is InChI=1S/C49H70N6O3.C9H20.C8H16O.C7H16.C6H13NO.C4H8O.C3H6/c1-10-18-35-28-40(44(50-32-35)33(4)58-9)46-41(31-49(5,6)11-2)39-30-38(23-24-43(39)54(46)12-3)37-22-17-19-34(27-37)29-42(48(57)55-26-16-15-25-51-55)52-47(56)45(53(7)8)36-20-13-14-21-36;1-4-6-7-8-9(3)5-2;1-4-7(3)8(5-2)6-9;1-4-6-7(3)5-2;1-2-3-6(8)4-5-7;1-4(2)3-5;1-2-3-1/h17,19,22-24,27-28,30,32-33,36,42,45,51H,10-16,18,20-21,25-26,29,31H2,1-9H3,(H,52,56);9H,4-8H2,1-3H3;6-8H,4-5H2,1-3H3;7H,4-6H2,1-3H3;2-5,7H2,1H3;3-4H,1-2H3;1-3H2. The highest BCUT2D eigenvalue weighted by molar-refractivity contribution is 5.95. The number of nitrogens with zero attached hydrogens (tertiary/aromatic N) is 4. The fraction of sp³-hybridized carbons (Fsp3) is 0.721. The Labute approximate surface area is 606 Å². The van der Waals surface area contributed by atoms with Crippen molar-refractivity contribution in [3.8, 4) is 22.4 Å². The molecule has 99 heavy (non-hydrogen) atoms. The number of likely N-dealkylation sites (N-methyl/N-ethyl adjacent to an activating group) is 1. The first-order chi connectivity index (χ1) is 47.3. The molecule has 2 aromatic carbocycles. The summed E-state index contributed by atoms with van der Waals surface area (Å²) < 4.78 is 8.40. The molecule has 7 unspecified atom stereocenters. The third-order valence-electron chi connectivity index (χ3n) is 20.0. The normalized spacial score (nSPS) is 15.6. The number of nitrogens with two attached hydrogens (primary N) is 1. The van der Waals surface area contributed by atoms with Crippen LogP contribution < -0.4 is 16.5 Å². The molecule has 2 aromatic heterocycles. The van der Waals surface area contributed by atoms with E-state index in [1.807, 2.05) is 46.0 Å². The van der Waals surface area contributed by atoms with Gasteiger partial charge in [-0.05, 0) is 161 Å². The molecule has 7 rings (SSSR count). The minimum absolute atomic E-state index is 0.0499. The fourth-order valence-electron chi connectivity index (χ4n) is 12.5. The molecule has 0 radical (unpaired) electrons. The van der Waals surface area contributed by atoms with Crippen LogP contribution in [0.15, 0.2) is 54.7 Å². The van der Waals surface area contributed by atoms with Gasteiger partial charge in [-0.2, -0.15) is 0 Å². The molecule has 3 heterocycles. The van der Waals surface area contributed by atoms with Crippen molar-refractivity contribution in [3.63, 3.8) is 0 Å². The van der Waals surface area contributed by atoms with E-state index in [4.69, 9.17) is 15.5 Å². The number of aryl methyl sites for hydroxylation is 2. The Hall–Kier alpha value is -5.08. The van der Waals surface area contributed by atoms with Crippen LogP contribution in [0.2, 0.25) is 0 Å². The number of carbonyl (C=O) groups excluding carboxylic acids is 5. The number of aldehydes is 2. The number of rotatable bonds is 34. The van der Waals surface area contributed by atoms with Crippen LogP contribution in [0.25, 0.3) is 33.3 Å². The van der Waals surface area contributed by atoms with Gasteiger partial charge in [-0.1, -0.05) is 244 Å². The number of hydrogen-bond donors (Lipinski definition) is 3. The number of unbranched alkanes of at least 4 members (excludes halogenated alkanes) is 2. The number of amides is 2. The van der Waals surface area contributed by atoms with Gasteiger partial charge >= 0.3 is 0 Å². The Morgan fingerprint density at radius 1 is 0.737 bits per heavy atom. The van der Waals surface area contributed by atoms with Crippen molar-refractivity contribution in [2.75, 3.05) is 40.8 Å². The van der Waals surface area contributed by atoms with Gasteiger partial charge in [0.05, 0.1) is 23.5 Å². The topological polar surface area (TPSA) is 169 Å². The molecule has 2 amide bonds.